The minimum Gasteiger partial charge on any atom is -0.507 e. The maximum atomic E-state index is 11.0. The summed E-state index contributed by atoms with van der Waals surface area (Å²) < 4.78 is 6.42. The molecule has 2 aliphatic heterocycles. The predicted molar refractivity (Wildman–Crippen MR) is 114 cm³/mol. The number of phenolic OH excluding ortho intramolecular Hbond substituents is 1. The molecule has 1 atom stereocenters. The van der Waals surface area contributed by atoms with Gasteiger partial charge in [-0.1, -0.05) is 31.3 Å². The van der Waals surface area contributed by atoms with Crippen LogP contribution < -0.4 is 10.5 Å². The number of nitrogens with zero attached hydrogens (tertiary/aromatic N) is 2. The zero-order chi connectivity index (χ0) is 20.8. The van der Waals surface area contributed by atoms with Crippen LogP contribution in [0.1, 0.15) is 76.3 Å². The second-order valence-electron chi connectivity index (χ2n) is 9.30. The maximum absolute atomic E-state index is 11.0. The van der Waals surface area contributed by atoms with Crippen LogP contribution >= 0.6 is 0 Å². The summed E-state index contributed by atoms with van der Waals surface area (Å²) in [4.78, 5) is 1.84. The van der Waals surface area contributed by atoms with Crippen molar-refractivity contribution < 1.29 is 15.1 Å². The molecule has 0 saturated heterocycles. The van der Waals surface area contributed by atoms with E-state index in [9.17, 15) is 5.11 Å². The summed E-state index contributed by atoms with van der Waals surface area (Å²) in [6.45, 7) is 7.60. The van der Waals surface area contributed by atoms with Crippen molar-refractivity contribution in [3.8, 4) is 11.5 Å². The van der Waals surface area contributed by atoms with Gasteiger partial charge in [0, 0.05) is 13.1 Å². The van der Waals surface area contributed by atoms with Crippen LogP contribution in [0.3, 0.4) is 0 Å². The van der Waals surface area contributed by atoms with Crippen molar-refractivity contribution in [3.63, 3.8) is 0 Å². The van der Waals surface area contributed by atoms with Crippen LogP contribution in [0.25, 0.3) is 5.57 Å². The molecule has 6 nitrogen and oxygen atoms in total. The molecule has 0 aromatic heterocycles. The van der Waals surface area contributed by atoms with Gasteiger partial charge in [-0.25, -0.2) is 0 Å². The van der Waals surface area contributed by atoms with Gasteiger partial charge in [0.05, 0.1) is 5.56 Å². The molecule has 6 heteroatoms. The molecule has 29 heavy (non-hydrogen) atoms. The smallest absolute Gasteiger partial charge is 0.233 e. The quantitative estimate of drug-likeness (QED) is 0.297. The lowest BCUT2D eigenvalue weighted by atomic mass is 9.76. The van der Waals surface area contributed by atoms with Gasteiger partial charge in [0.15, 0.2) is 0 Å². The van der Waals surface area contributed by atoms with E-state index in [-0.39, 0.29) is 11.7 Å². The monoisotopic (exact) mass is 399 g/mol. The van der Waals surface area contributed by atoms with E-state index in [1.54, 1.807) is 0 Å². The average Bonchev–Trinajstić information content (AvgIpc) is 2.72. The van der Waals surface area contributed by atoms with E-state index in [0.717, 1.165) is 28.9 Å². The van der Waals surface area contributed by atoms with Crippen molar-refractivity contribution in [1.82, 2.24) is 4.90 Å². The van der Waals surface area contributed by atoms with Crippen molar-refractivity contribution in [3.05, 3.63) is 28.8 Å². The number of hydrogen-bond acceptors (Lipinski definition) is 4. The van der Waals surface area contributed by atoms with Crippen LogP contribution in [0.15, 0.2) is 22.9 Å². The van der Waals surface area contributed by atoms with Gasteiger partial charge >= 0.3 is 0 Å². The first-order chi connectivity index (χ1) is 13.8. The van der Waals surface area contributed by atoms with E-state index in [1.807, 2.05) is 11.0 Å². The van der Waals surface area contributed by atoms with E-state index in [2.05, 4.69) is 32.0 Å². The highest BCUT2D eigenvalue weighted by molar-refractivity contribution is 5.86. The van der Waals surface area contributed by atoms with Crippen LogP contribution in [0.4, 0.5) is 0 Å². The molecule has 1 aliphatic carbocycles. The first kappa shape index (κ1) is 19.9. The highest BCUT2D eigenvalue weighted by atomic mass is 16.5. The molecule has 1 fully saturated rings. The second-order valence-corrected chi connectivity index (χ2v) is 9.30. The Morgan fingerprint density at radius 3 is 2.69 bits per heavy atom. The second kappa shape index (κ2) is 7.47. The normalized spacial score (nSPS) is 23.3. The van der Waals surface area contributed by atoms with Gasteiger partial charge in [-0.3, -0.25) is 0 Å². The van der Waals surface area contributed by atoms with E-state index in [1.165, 1.54) is 37.7 Å². The lowest BCUT2D eigenvalue weighted by Crippen LogP contribution is -2.46. The molecular formula is C23H33N3O3. The topological polar surface area (TPSA) is 91.3 Å². The summed E-state index contributed by atoms with van der Waals surface area (Å²) in [5, 5.41) is 23.3. The summed E-state index contributed by atoms with van der Waals surface area (Å²) in [7, 11) is 0. The molecule has 1 saturated carbocycles. The molecule has 0 amide bonds. The van der Waals surface area contributed by atoms with Gasteiger partial charge in [-0.15, -0.1) is 0 Å². The Balaban J connectivity index is 1.73. The number of guanidine groups is 1. The first-order valence-corrected chi connectivity index (χ1v) is 10.8. The number of ether oxygens (including phenoxy) is 1. The molecule has 2 heterocycles. The van der Waals surface area contributed by atoms with Crippen molar-refractivity contribution >= 4 is 11.5 Å². The van der Waals surface area contributed by atoms with Gasteiger partial charge < -0.3 is 25.7 Å². The molecule has 4 rings (SSSR count). The zero-order valence-corrected chi connectivity index (χ0v) is 17.7. The molecule has 1 unspecified atom stereocenters. The van der Waals surface area contributed by atoms with Gasteiger partial charge in [-0.05, 0) is 73.8 Å². The molecule has 158 valence electrons. The van der Waals surface area contributed by atoms with Crippen molar-refractivity contribution in [1.29, 1.82) is 0 Å². The lowest BCUT2D eigenvalue weighted by molar-refractivity contribution is 0.134. The number of benzene rings is 1. The van der Waals surface area contributed by atoms with Crippen LogP contribution in [-0.4, -0.2) is 39.9 Å². The summed E-state index contributed by atoms with van der Waals surface area (Å²) in [5.74, 6) is 2.17. The molecule has 4 N–H and O–H groups in total. The summed E-state index contributed by atoms with van der Waals surface area (Å²) >= 11 is 0. The molecule has 0 spiro atoms. The third-order valence-electron chi connectivity index (χ3n) is 7.15. The van der Waals surface area contributed by atoms with E-state index < -0.39 is 5.60 Å². The van der Waals surface area contributed by atoms with Crippen LogP contribution in [0.2, 0.25) is 0 Å². The van der Waals surface area contributed by atoms with Gasteiger partial charge in [0.1, 0.15) is 17.1 Å². The summed E-state index contributed by atoms with van der Waals surface area (Å²) in [6.07, 6.45) is 7.21. The minimum absolute atomic E-state index is 0.101. The standard InChI is InChI=1S/C23H33N3O3/c1-14(15-7-5-4-6-8-15)16-11-19(27)21-17-13-26(22(24)25-28)10-9-18(17)23(2,3)29-20(21)12-16/h11-12,14-15,27-28H,4-10,13H2,1-3H3,(H2,24,25). The SMILES string of the molecule is CC(c1cc(O)c2c(c1)OC(C)(C)C1=C2CN(C(N)=NO)CC1)C1CCCCC1. The van der Waals surface area contributed by atoms with Crippen molar-refractivity contribution in [2.45, 2.75) is 70.8 Å². The fourth-order valence-electron chi connectivity index (χ4n) is 5.43. The maximum Gasteiger partial charge on any atom is 0.233 e. The van der Waals surface area contributed by atoms with Crippen LogP contribution in [0, 0.1) is 5.92 Å². The fraction of sp³-hybridized carbons (Fsp3) is 0.609. The molecule has 1 aromatic rings. The number of hydrogen-bond donors (Lipinski definition) is 3. The fourth-order valence-corrected chi connectivity index (χ4v) is 5.43. The highest BCUT2D eigenvalue weighted by Crippen LogP contribution is 2.49. The Hall–Kier alpha value is -2.37. The Morgan fingerprint density at radius 1 is 1.28 bits per heavy atom. The van der Waals surface area contributed by atoms with E-state index >= 15 is 0 Å². The molecule has 3 aliphatic rings. The molecule has 1 aromatic carbocycles. The largest absolute Gasteiger partial charge is 0.507 e. The number of aromatic hydroxyl groups is 1. The number of fused-ring (bicyclic) bond motifs is 2. The molecule has 0 radical (unpaired) electrons. The zero-order valence-electron chi connectivity index (χ0n) is 17.7. The van der Waals surface area contributed by atoms with E-state index in [4.69, 9.17) is 15.7 Å². The third kappa shape index (κ3) is 3.53. The highest BCUT2D eigenvalue weighted by Gasteiger charge is 2.39. The lowest BCUT2D eigenvalue weighted by Gasteiger charge is -2.42. The Bertz CT molecular complexity index is 853. The van der Waals surface area contributed by atoms with Crippen LogP contribution in [0.5, 0.6) is 11.5 Å². The van der Waals surface area contributed by atoms with Gasteiger partial charge in [-0.2, -0.15) is 0 Å². The first-order valence-electron chi connectivity index (χ1n) is 10.8. The summed E-state index contributed by atoms with van der Waals surface area (Å²) in [5.41, 5.74) is 9.52. The Morgan fingerprint density at radius 2 is 2.00 bits per heavy atom. The number of phenols is 1. The third-order valence-corrected chi connectivity index (χ3v) is 7.15. The molecule has 0 bridgehead atoms. The van der Waals surface area contributed by atoms with Crippen LogP contribution in [-0.2, 0) is 0 Å². The number of rotatable bonds is 2. The van der Waals surface area contributed by atoms with Crippen molar-refractivity contribution in [2.24, 2.45) is 16.8 Å². The molecular weight excluding hydrogens is 366 g/mol. The average molecular weight is 400 g/mol. The minimum atomic E-state index is -0.446. The predicted octanol–water partition coefficient (Wildman–Crippen LogP) is 4.41. The van der Waals surface area contributed by atoms with Crippen molar-refractivity contribution in [2.75, 3.05) is 13.1 Å². The Labute approximate surface area is 173 Å². The van der Waals surface area contributed by atoms with Gasteiger partial charge in [0.2, 0.25) is 5.96 Å². The number of oxime groups is 1. The van der Waals surface area contributed by atoms with Gasteiger partial charge in [0.25, 0.3) is 0 Å². The number of nitrogens with two attached hydrogens (primary N) is 1. The van der Waals surface area contributed by atoms with E-state index in [0.29, 0.717) is 24.9 Å². The Kier molecular flexibility index (Phi) is 5.13. The summed E-state index contributed by atoms with van der Waals surface area (Å²) in [6, 6.07) is 4.05.